The molecule has 0 bridgehead atoms. The van der Waals surface area contributed by atoms with Crippen LogP contribution in [0, 0.1) is 11.6 Å². The molecule has 10 nitrogen and oxygen atoms in total. The van der Waals surface area contributed by atoms with Crippen molar-refractivity contribution in [1.82, 2.24) is 30.3 Å². The van der Waals surface area contributed by atoms with Crippen LogP contribution in [-0.2, 0) is 27.3 Å². The van der Waals surface area contributed by atoms with E-state index >= 15 is 4.39 Å². The number of nitrogens with one attached hydrogen (secondary N) is 2. The van der Waals surface area contributed by atoms with E-state index in [4.69, 9.17) is 14.5 Å². The van der Waals surface area contributed by atoms with Gasteiger partial charge in [0, 0.05) is 67.6 Å². The number of benzene rings is 2. The van der Waals surface area contributed by atoms with Crippen molar-refractivity contribution >= 4 is 33.2 Å². The number of carbonyl (C=O) groups excluding carboxylic acids is 2. The molecule has 2 amide bonds. The lowest BCUT2D eigenvalue weighted by molar-refractivity contribution is -0.130. The van der Waals surface area contributed by atoms with Crippen molar-refractivity contribution in [2.45, 2.75) is 25.9 Å². The summed E-state index contributed by atoms with van der Waals surface area (Å²) < 4.78 is 42.4. The molecule has 6 rings (SSSR count). The van der Waals surface area contributed by atoms with Gasteiger partial charge in [-0.3, -0.25) is 19.6 Å². The largest absolute Gasteiger partial charge is 0.490 e. The summed E-state index contributed by atoms with van der Waals surface area (Å²) in [4.78, 5) is 33.5. The highest BCUT2D eigenvalue weighted by molar-refractivity contribution is 7.18. The highest BCUT2D eigenvalue weighted by atomic mass is 32.1. The lowest BCUT2D eigenvalue weighted by Gasteiger charge is -2.29. The molecule has 50 heavy (non-hydrogen) atoms. The molecule has 4 heterocycles. The van der Waals surface area contributed by atoms with Gasteiger partial charge in [-0.1, -0.05) is 18.7 Å². The molecular weight excluding hydrogens is 663 g/mol. The first-order valence-electron chi connectivity index (χ1n) is 16.1. The zero-order valence-corrected chi connectivity index (χ0v) is 29.1. The van der Waals surface area contributed by atoms with Crippen molar-refractivity contribution in [2.24, 2.45) is 0 Å². The van der Waals surface area contributed by atoms with Crippen molar-refractivity contribution in [2.75, 3.05) is 47.5 Å². The number of nitrogens with zero attached hydrogens (tertiary/aromatic N) is 4. The summed E-state index contributed by atoms with van der Waals surface area (Å²) in [6.45, 7) is 7.32. The van der Waals surface area contributed by atoms with Crippen LogP contribution >= 0.6 is 11.3 Å². The van der Waals surface area contributed by atoms with Gasteiger partial charge in [0.15, 0.2) is 0 Å². The highest BCUT2D eigenvalue weighted by Gasteiger charge is 2.28. The van der Waals surface area contributed by atoms with Crippen molar-refractivity contribution < 1.29 is 27.8 Å². The Bertz CT molecular complexity index is 2080. The summed E-state index contributed by atoms with van der Waals surface area (Å²) in [7, 11) is 5.02. The molecule has 0 saturated heterocycles. The Labute approximate surface area is 292 Å². The molecule has 0 saturated carbocycles. The molecule has 0 fully saturated rings. The maximum absolute atomic E-state index is 16.0. The van der Waals surface area contributed by atoms with E-state index in [9.17, 15) is 14.0 Å². The Morgan fingerprint density at radius 3 is 2.70 bits per heavy atom. The number of thiophene rings is 1. The summed E-state index contributed by atoms with van der Waals surface area (Å²) in [6, 6.07) is 11.5. The van der Waals surface area contributed by atoms with Crippen LogP contribution in [0.5, 0.6) is 5.75 Å². The number of H-pyrrole nitrogens is 1. The lowest BCUT2D eigenvalue weighted by atomic mass is 9.93. The van der Waals surface area contributed by atoms with E-state index in [1.807, 2.05) is 17.5 Å². The Hall–Kier alpha value is -4.98. The number of carbonyl (C=O) groups is 2. The van der Waals surface area contributed by atoms with E-state index < -0.39 is 17.7 Å². The molecule has 5 aromatic rings. The van der Waals surface area contributed by atoms with Gasteiger partial charge < -0.3 is 19.7 Å². The SMILES string of the molecule is C=CC(=O)NC(C)c1cc(-c2nc(-c3ccc4c(c3)CN(CC(=O)N(C)C)CC4)c3ccsc3c2-c2c(F)cc(F)cc2OCCOC)n[nH]1. The molecule has 13 heteroatoms. The second kappa shape index (κ2) is 14.9. The maximum atomic E-state index is 16.0. The molecule has 2 N–H and O–H groups in total. The van der Waals surface area contributed by atoms with E-state index in [2.05, 4.69) is 39.1 Å². The Morgan fingerprint density at radius 2 is 1.94 bits per heavy atom. The van der Waals surface area contributed by atoms with E-state index in [1.54, 1.807) is 32.0 Å². The highest BCUT2D eigenvalue weighted by Crippen LogP contribution is 2.47. The Balaban J connectivity index is 1.53. The summed E-state index contributed by atoms with van der Waals surface area (Å²) >= 11 is 1.40. The van der Waals surface area contributed by atoms with E-state index in [0.29, 0.717) is 46.1 Å². The number of pyridine rings is 1. The predicted octanol–water partition coefficient (Wildman–Crippen LogP) is 6.13. The number of hydrogen-bond donors (Lipinski definition) is 2. The number of rotatable bonds is 12. The summed E-state index contributed by atoms with van der Waals surface area (Å²) in [6.07, 6.45) is 2.00. The Kier molecular flexibility index (Phi) is 10.4. The minimum atomic E-state index is -0.813. The maximum Gasteiger partial charge on any atom is 0.243 e. The zero-order chi connectivity index (χ0) is 35.5. The van der Waals surface area contributed by atoms with E-state index in [1.165, 1.54) is 30.1 Å². The van der Waals surface area contributed by atoms with Crippen LogP contribution in [0.3, 0.4) is 0 Å². The number of aromatic nitrogens is 3. The molecule has 0 aliphatic carbocycles. The topological polar surface area (TPSA) is 113 Å². The van der Waals surface area contributed by atoms with Crippen LogP contribution in [0.4, 0.5) is 8.78 Å². The fourth-order valence-electron chi connectivity index (χ4n) is 6.06. The minimum absolute atomic E-state index is 0.00793. The van der Waals surface area contributed by atoms with E-state index in [0.717, 1.165) is 41.6 Å². The van der Waals surface area contributed by atoms with Gasteiger partial charge in [0.2, 0.25) is 11.8 Å². The first kappa shape index (κ1) is 34.9. The number of fused-ring (bicyclic) bond motifs is 2. The third kappa shape index (κ3) is 7.16. The van der Waals surface area contributed by atoms with Crippen LogP contribution in [-0.4, -0.2) is 84.3 Å². The van der Waals surface area contributed by atoms with Crippen LogP contribution in [0.2, 0.25) is 0 Å². The van der Waals surface area contributed by atoms with Gasteiger partial charge in [-0.05, 0) is 54.1 Å². The second-order valence-electron chi connectivity index (χ2n) is 12.3. The summed E-state index contributed by atoms with van der Waals surface area (Å²) in [5.41, 5.74) is 5.59. The smallest absolute Gasteiger partial charge is 0.243 e. The Morgan fingerprint density at radius 1 is 1.12 bits per heavy atom. The fourth-order valence-corrected chi connectivity index (χ4v) is 7.01. The summed E-state index contributed by atoms with van der Waals surface area (Å²) in [5.74, 6) is -1.89. The second-order valence-corrected chi connectivity index (χ2v) is 13.2. The molecule has 0 spiro atoms. The van der Waals surface area contributed by atoms with Crippen LogP contribution < -0.4 is 10.1 Å². The number of aromatic amines is 1. The van der Waals surface area contributed by atoms with Gasteiger partial charge in [-0.2, -0.15) is 5.10 Å². The monoisotopic (exact) mass is 700 g/mol. The average molecular weight is 701 g/mol. The molecule has 1 aliphatic rings. The molecule has 0 radical (unpaired) electrons. The predicted molar refractivity (Wildman–Crippen MR) is 190 cm³/mol. The van der Waals surface area contributed by atoms with Crippen LogP contribution in [0.1, 0.15) is 29.8 Å². The molecule has 1 atom stereocenters. The van der Waals surface area contributed by atoms with Crippen molar-refractivity contribution in [1.29, 1.82) is 0 Å². The number of methoxy groups -OCH3 is 1. The standard InChI is InChI=1S/C37H38F2N6O4S/c1-6-31(46)40-21(2)28-18-29(43-42-28)36-34(33-27(39)16-25(38)17-30(33)49-13-12-48-5)37-26(10-14-50-37)35(41-36)23-8-7-22-9-11-45(19-24(22)15-23)20-32(47)44(3)4/h6-8,10,14-18,21H,1,9,11-13,19-20H2,2-5H3,(H,40,46)(H,42,43). The minimum Gasteiger partial charge on any atom is -0.490 e. The van der Waals surface area contributed by atoms with Gasteiger partial charge in [-0.25, -0.2) is 13.8 Å². The first-order valence-corrected chi connectivity index (χ1v) is 17.0. The third-order valence-electron chi connectivity index (χ3n) is 8.70. The van der Waals surface area contributed by atoms with E-state index in [-0.39, 0.29) is 36.3 Å². The molecule has 1 unspecified atom stereocenters. The molecule has 260 valence electrons. The van der Waals surface area contributed by atoms with Crippen molar-refractivity contribution in [3.63, 3.8) is 0 Å². The van der Waals surface area contributed by atoms with Crippen LogP contribution in [0.15, 0.2) is 60.5 Å². The summed E-state index contributed by atoms with van der Waals surface area (Å²) in [5, 5.41) is 13.1. The van der Waals surface area contributed by atoms with Crippen molar-refractivity contribution in [3.05, 3.63) is 89.0 Å². The number of amides is 2. The van der Waals surface area contributed by atoms with Crippen molar-refractivity contribution in [3.8, 4) is 39.5 Å². The first-order chi connectivity index (χ1) is 24.1. The van der Waals surface area contributed by atoms with Gasteiger partial charge >= 0.3 is 0 Å². The lowest BCUT2D eigenvalue weighted by Crippen LogP contribution is -2.39. The number of hydrogen-bond acceptors (Lipinski definition) is 8. The van der Waals surface area contributed by atoms with Gasteiger partial charge in [0.05, 0.1) is 36.1 Å². The molecule has 3 aromatic heterocycles. The molecular formula is C37H38F2N6O4S. The quantitative estimate of drug-likeness (QED) is 0.119. The van der Waals surface area contributed by atoms with Gasteiger partial charge in [0.1, 0.15) is 35.4 Å². The normalized spacial score (nSPS) is 13.6. The number of halogens is 2. The third-order valence-corrected chi connectivity index (χ3v) is 9.63. The molecule has 2 aromatic carbocycles. The average Bonchev–Trinajstić information content (AvgIpc) is 3.79. The number of ether oxygens (including phenoxy) is 2. The van der Waals surface area contributed by atoms with Crippen LogP contribution in [0.25, 0.3) is 43.9 Å². The zero-order valence-electron chi connectivity index (χ0n) is 28.3. The number of likely N-dealkylation sites (N-methyl/N-ethyl adjacent to an activating group) is 1. The molecule has 1 aliphatic heterocycles. The van der Waals surface area contributed by atoms with Gasteiger partial charge in [-0.15, -0.1) is 11.3 Å². The van der Waals surface area contributed by atoms with Gasteiger partial charge in [0.25, 0.3) is 0 Å². The fraction of sp³-hybridized carbons (Fsp3) is 0.297.